The van der Waals surface area contributed by atoms with E-state index >= 15 is 0 Å². The third-order valence-electron chi connectivity index (χ3n) is 3.80. The molecule has 0 amide bonds. The number of rotatable bonds is 5. The first-order chi connectivity index (χ1) is 9.48. The van der Waals surface area contributed by atoms with E-state index in [0.29, 0.717) is 18.3 Å². The van der Waals surface area contributed by atoms with E-state index < -0.39 is 10.0 Å². The summed E-state index contributed by atoms with van der Waals surface area (Å²) in [7, 11) is -3.68. The van der Waals surface area contributed by atoms with Crippen molar-refractivity contribution < 1.29 is 8.42 Å². The van der Waals surface area contributed by atoms with Crippen LogP contribution in [0.15, 0.2) is 29.2 Å². The largest absolute Gasteiger partial charge is 0.382 e. The van der Waals surface area contributed by atoms with Gasteiger partial charge in [0.15, 0.2) is 0 Å². The normalized spacial score (nSPS) is 18.7. The minimum atomic E-state index is -3.68. The number of sulfonamides is 1. The minimum Gasteiger partial charge on any atom is -0.382 e. The van der Waals surface area contributed by atoms with Gasteiger partial charge in [0, 0.05) is 12.6 Å². The molecule has 2 rings (SSSR count). The summed E-state index contributed by atoms with van der Waals surface area (Å²) in [6.07, 6.45) is 3.81. The van der Waals surface area contributed by atoms with Gasteiger partial charge < -0.3 is 5.32 Å². The van der Waals surface area contributed by atoms with Crippen molar-refractivity contribution in [1.82, 2.24) is 4.90 Å². The van der Waals surface area contributed by atoms with Crippen LogP contribution in [0.3, 0.4) is 0 Å². The second-order valence-electron chi connectivity index (χ2n) is 5.37. The summed E-state index contributed by atoms with van der Waals surface area (Å²) in [6, 6.07) is 7.15. The summed E-state index contributed by atoms with van der Waals surface area (Å²) in [5.74, 6) is 0. The highest BCUT2D eigenvalue weighted by Crippen LogP contribution is 2.20. The monoisotopic (exact) mass is 297 g/mol. The first kappa shape index (κ1) is 15.3. The topological polar surface area (TPSA) is 75.4 Å². The molecule has 0 aliphatic carbocycles. The van der Waals surface area contributed by atoms with Crippen LogP contribution in [0, 0.1) is 0 Å². The maximum atomic E-state index is 11.5. The molecule has 20 heavy (non-hydrogen) atoms. The number of para-hydroxylation sites is 1. The molecule has 0 bridgehead atoms. The van der Waals surface area contributed by atoms with Gasteiger partial charge in [-0.2, -0.15) is 0 Å². The lowest BCUT2D eigenvalue weighted by molar-refractivity contribution is 0.180. The average molecular weight is 297 g/mol. The van der Waals surface area contributed by atoms with Gasteiger partial charge in [-0.3, -0.25) is 4.90 Å². The van der Waals surface area contributed by atoms with E-state index in [2.05, 4.69) is 17.1 Å². The highest BCUT2D eigenvalue weighted by Gasteiger charge is 2.18. The van der Waals surface area contributed by atoms with Crippen LogP contribution < -0.4 is 10.5 Å². The number of nitrogens with zero attached hydrogens (tertiary/aromatic N) is 1. The van der Waals surface area contributed by atoms with Crippen LogP contribution in [0.5, 0.6) is 0 Å². The van der Waals surface area contributed by atoms with Crippen molar-refractivity contribution in [2.75, 3.05) is 25.0 Å². The van der Waals surface area contributed by atoms with Gasteiger partial charge in [0.25, 0.3) is 0 Å². The Kier molecular flexibility index (Phi) is 5.01. The lowest BCUT2D eigenvalue weighted by Gasteiger charge is -2.32. The van der Waals surface area contributed by atoms with Gasteiger partial charge in [-0.25, -0.2) is 13.6 Å². The number of piperidine rings is 1. The second-order valence-corrected chi connectivity index (χ2v) is 6.90. The van der Waals surface area contributed by atoms with Gasteiger partial charge in [-0.05, 0) is 45.0 Å². The molecule has 1 aromatic rings. The SMILES string of the molecule is CC(CNc1ccccc1S(N)(=O)=O)N1CCCCC1. The van der Waals surface area contributed by atoms with Gasteiger partial charge in [0.05, 0.1) is 5.69 Å². The lowest BCUT2D eigenvalue weighted by atomic mass is 10.1. The summed E-state index contributed by atoms with van der Waals surface area (Å²) in [4.78, 5) is 2.60. The van der Waals surface area contributed by atoms with Gasteiger partial charge in [0.2, 0.25) is 10.0 Å². The first-order valence-corrected chi connectivity index (χ1v) is 8.63. The predicted octanol–water partition coefficient (Wildman–Crippen LogP) is 1.62. The molecule has 1 fully saturated rings. The fraction of sp³-hybridized carbons (Fsp3) is 0.571. The number of hydrogen-bond acceptors (Lipinski definition) is 4. The number of likely N-dealkylation sites (tertiary alicyclic amines) is 1. The zero-order valence-corrected chi connectivity index (χ0v) is 12.7. The Morgan fingerprint density at radius 3 is 2.55 bits per heavy atom. The van der Waals surface area contributed by atoms with E-state index in [1.54, 1.807) is 12.1 Å². The zero-order chi connectivity index (χ0) is 14.6. The number of nitrogens with two attached hydrogens (primary N) is 1. The molecule has 0 aromatic heterocycles. The maximum Gasteiger partial charge on any atom is 0.240 e. The Balaban J connectivity index is 2.00. The molecule has 112 valence electrons. The fourth-order valence-electron chi connectivity index (χ4n) is 2.61. The molecular formula is C14H23N3O2S. The highest BCUT2D eigenvalue weighted by atomic mass is 32.2. The molecule has 0 radical (unpaired) electrons. The quantitative estimate of drug-likeness (QED) is 0.866. The molecule has 1 heterocycles. The van der Waals surface area contributed by atoms with Gasteiger partial charge >= 0.3 is 0 Å². The fourth-order valence-corrected chi connectivity index (χ4v) is 3.32. The molecule has 1 unspecified atom stereocenters. The summed E-state index contributed by atoms with van der Waals surface area (Å²) in [5, 5.41) is 8.44. The van der Waals surface area contributed by atoms with Crippen LogP contribution in [0.25, 0.3) is 0 Å². The summed E-state index contributed by atoms with van der Waals surface area (Å²) in [5.41, 5.74) is 0.582. The molecule has 1 aromatic carbocycles. The number of anilines is 1. The van der Waals surface area contributed by atoms with Crippen molar-refractivity contribution in [3.63, 3.8) is 0 Å². The Bertz CT molecular complexity index is 539. The van der Waals surface area contributed by atoms with Gasteiger partial charge in [-0.15, -0.1) is 0 Å². The van der Waals surface area contributed by atoms with E-state index in [0.717, 1.165) is 13.1 Å². The van der Waals surface area contributed by atoms with Crippen molar-refractivity contribution >= 4 is 15.7 Å². The van der Waals surface area contributed by atoms with E-state index in [9.17, 15) is 8.42 Å². The Labute approximate surface area is 121 Å². The van der Waals surface area contributed by atoms with Crippen LogP contribution in [0.2, 0.25) is 0 Å². The Morgan fingerprint density at radius 2 is 1.90 bits per heavy atom. The van der Waals surface area contributed by atoms with Crippen LogP contribution in [0.1, 0.15) is 26.2 Å². The molecule has 0 spiro atoms. The smallest absolute Gasteiger partial charge is 0.240 e. The zero-order valence-electron chi connectivity index (χ0n) is 11.9. The number of benzene rings is 1. The van der Waals surface area contributed by atoms with Crippen molar-refractivity contribution in [2.24, 2.45) is 5.14 Å². The molecule has 1 aliphatic heterocycles. The average Bonchev–Trinajstić information content (AvgIpc) is 2.45. The Morgan fingerprint density at radius 1 is 1.25 bits per heavy atom. The summed E-state index contributed by atoms with van der Waals surface area (Å²) >= 11 is 0. The molecule has 0 saturated carbocycles. The molecule has 1 saturated heterocycles. The van der Waals surface area contributed by atoms with Crippen molar-refractivity contribution in [3.8, 4) is 0 Å². The standard InChI is InChI=1S/C14H23N3O2S/c1-12(17-9-5-2-6-10-17)11-16-13-7-3-4-8-14(13)20(15,18)19/h3-4,7-8,12,16H,2,5-6,9-11H2,1H3,(H2,15,18,19). The molecule has 1 aliphatic rings. The van der Waals surface area contributed by atoms with Gasteiger partial charge in [0.1, 0.15) is 4.90 Å². The molecule has 3 N–H and O–H groups in total. The minimum absolute atomic E-state index is 0.158. The molecule has 6 heteroatoms. The van der Waals surface area contributed by atoms with Crippen LogP contribution in [-0.4, -0.2) is 39.0 Å². The third-order valence-corrected chi connectivity index (χ3v) is 4.76. The van der Waals surface area contributed by atoms with Crippen molar-refractivity contribution in [3.05, 3.63) is 24.3 Å². The van der Waals surface area contributed by atoms with Gasteiger partial charge in [-0.1, -0.05) is 18.6 Å². The Hall–Kier alpha value is -1.11. The predicted molar refractivity (Wildman–Crippen MR) is 81.2 cm³/mol. The molecule has 5 nitrogen and oxygen atoms in total. The summed E-state index contributed by atoms with van der Waals surface area (Å²) in [6.45, 7) is 5.13. The van der Waals surface area contributed by atoms with E-state index in [4.69, 9.17) is 5.14 Å². The maximum absolute atomic E-state index is 11.5. The second kappa shape index (κ2) is 6.56. The van der Waals surface area contributed by atoms with Crippen LogP contribution >= 0.6 is 0 Å². The van der Waals surface area contributed by atoms with E-state index in [1.165, 1.54) is 25.3 Å². The highest BCUT2D eigenvalue weighted by molar-refractivity contribution is 7.89. The molecular weight excluding hydrogens is 274 g/mol. The van der Waals surface area contributed by atoms with Crippen LogP contribution in [0.4, 0.5) is 5.69 Å². The first-order valence-electron chi connectivity index (χ1n) is 7.08. The van der Waals surface area contributed by atoms with Crippen molar-refractivity contribution in [2.45, 2.75) is 37.1 Å². The van der Waals surface area contributed by atoms with E-state index in [1.807, 2.05) is 6.07 Å². The van der Waals surface area contributed by atoms with E-state index in [-0.39, 0.29) is 4.90 Å². The van der Waals surface area contributed by atoms with Crippen molar-refractivity contribution in [1.29, 1.82) is 0 Å². The molecule has 1 atom stereocenters. The number of primary sulfonamides is 1. The number of nitrogens with one attached hydrogen (secondary N) is 1. The summed E-state index contributed by atoms with van der Waals surface area (Å²) < 4.78 is 23.1. The third kappa shape index (κ3) is 3.94. The van der Waals surface area contributed by atoms with Crippen LogP contribution in [-0.2, 0) is 10.0 Å². The number of hydrogen-bond donors (Lipinski definition) is 2. The lowest BCUT2D eigenvalue weighted by Crippen LogP contribution is -2.41.